The summed E-state index contributed by atoms with van der Waals surface area (Å²) in [6, 6.07) is 0. The second-order valence-corrected chi connectivity index (χ2v) is 6.33. The number of hydrogen-bond acceptors (Lipinski definition) is 2. The predicted molar refractivity (Wildman–Crippen MR) is 71.5 cm³/mol. The van der Waals surface area contributed by atoms with Gasteiger partial charge in [0.25, 0.3) is 0 Å². The monoisotopic (exact) mass is 226 g/mol. The van der Waals surface area contributed by atoms with E-state index in [0.29, 0.717) is 5.41 Å². The smallest absolute Gasteiger partial charge is 0.0362 e. The zero-order valence-electron chi connectivity index (χ0n) is 11.8. The molecule has 2 nitrogen and oxygen atoms in total. The summed E-state index contributed by atoms with van der Waals surface area (Å²) in [6.07, 6.45) is 3.79. The first kappa shape index (κ1) is 14.0. The third kappa shape index (κ3) is 2.43. The van der Waals surface area contributed by atoms with E-state index in [1.54, 1.807) is 0 Å². The molecule has 1 aliphatic rings. The van der Waals surface area contributed by atoms with Gasteiger partial charge in [0.15, 0.2) is 0 Å². The van der Waals surface area contributed by atoms with E-state index in [4.69, 9.17) is 5.73 Å². The van der Waals surface area contributed by atoms with Crippen LogP contribution in [0.5, 0.6) is 0 Å². The van der Waals surface area contributed by atoms with Crippen molar-refractivity contribution < 1.29 is 0 Å². The maximum atomic E-state index is 6.15. The van der Waals surface area contributed by atoms with Crippen LogP contribution in [0, 0.1) is 11.3 Å². The molecule has 1 saturated carbocycles. The molecule has 1 rings (SSSR count). The normalized spacial score (nSPS) is 33.6. The van der Waals surface area contributed by atoms with E-state index >= 15 is 0 Å². The van der Waals surface area contributed by atoms with Crippen molar-refractivity contribution in [2.75, 3.05) is 19.6 Å². The number of likely N-dealkylation sites (N-methyl/N-ethyl adjacent to an activating group) is 1. The quantitative estimate of drug-likeness (QED) is 0.781. The topological polar surface area (TPSA) is 29.3 Å². The summed E-state index contributed by atoms with van der Waals surface area (Å²) in [4.78, 5) is 2.63. The minimum absolute atomic E-state index is 0.258. The number of rotatable bonds is 5. The highest BCUT2D eigenvalue weighted by Gasteiger charge is 2.50. The van der Waals surface area contributed by atoms with Crippen LogP contribution in [-0.4, -0.2) is 30.1 Å². The second-order valence-electron chi connectivity index (χ2n) is 6.33. The van der Waals surface area contributed by atoms with Crippen molar-refractivity contribution in [1.82, 2.24) is 4.90 Å². The van der Waals surface area contributed by atoms with Gasteiger partial charge in [-0.25, -0.2) is 0 Å². The fourth-order valence-electron chi connectivity index (χ4n) is 3.89. The molecule has 0 aromatic rings. The van der Waals surface area contributed by atoms with Gasteiger partial charge in [-0.2, -0.15) is 0 Å². The Kier molecular flexibility index (Phi) is 4.42. The van der Waals surface area contributed by atoms with Gasteiger partial charge in [-0.3, -0.25) is 4.90 Å². The Balaban J connectivity index is 2.92. The van der Waals surface area contributed by atoms with Crippen LogP contribution in [0.4, 0.5) is 0 Å². The van der Waals surface area contributed by atoms with Crippen molar-refractivity contribution in [2.24, 2.45) is 17.1 Å². The lowest BCUT2D eigenvalue weighted by Gasteiger charge is -2.44. The second kappa shape index (κ2) is 5.05. The van der Waals surface area contributed by atoms with E-state index in [1.807, 2.05) is 0 Å². The molecule has 0 bridgehead atoms. The molecule has 1 fully saturated rings. The molecule has 0 heterocycles. The van der Waals surface area contributed by atoms with Crippen LogP contribution in [0.25, 0.3) is 0 Å². The van der Waals surface area contributed by atoms with Gasteiger partial charge < -0.3 is 5.73 Å². The summed E-state index contributed by atoms with van der Waals surface area (Å²) < 4.78 is 0. The minimum Gasteiger partial charge on any atom is -0.329 e. The molecular formula is C14H30N2. The molecule has 0 aromatic carbocycles. The molecule has 0 aliphatic heterocycles. The summed E-state index contributed by atoms with van der Waals surface area (Å²) in [5.74, 6) is 0.721. The van der Waals surface area contributed by atoms with Gasteiger partial charge in [-0.05, 0) is 43.7 Å². The van der Waals surface area contributed by atoms with Crippen molar-refractivity contribution >= 4 is 0 Å². The van der Waals surface area contributed by atoms with Crippen molar-refractivity contribution in [2.45, 2.75) is 59.4 Å². The number of hydrogen-bond donors (Lipinski definition) is 1. The van der Waals surface area contributed by atoms with Crippen LogP contribution in [0.1, 0.15) is 53.9 Å². The molecule has 1 aliphatic carbocycles. The molecule has 2 heteroatoms. The fraction of sp³-hybridized carbons (Fsp3) is 1.00. The first-order chi connectivity index (χ1) is 7.41. The Morgan fingerprint density at radius 3 is 2.25 bits per heavy atom. The van der Waals surface area contributed by atoms with Gasteiger partial charge in [0.2, 0.25) is 0 Å². The molecule has 0 saturated heterocycles. The van der Waals surface area contributed by atoms with E-state index < -0.39 is 0 Å². The van der Waals surface area contributed by atoms with Gasteiger partial charge in [0.05, 0.1) is 0 Å². The largest absolute Gasteiger partial charge is 0.329 e. The van der Waals surface area contributed by atoms with Crippen LogP contribution in [0.2, 0.25) is 0 Å². The molecule has 96 valence electrons. The first-order valence-electron chi connectivity index (χ1n) is 6.87. The lowest BCUT2D eigenvalue weighted by molar-refractivity contribution is 0.0639. The Morgan fingerprint density at radius 2 is 1.94 bits per heavy atom. The highest BCUT2D eigenvalue weighted by molar-refractivity contribution is 5.05. The summed E-state index contributed by atoms with van der Waals surface area (Å²) >= 11 is 0. The minimum atomic E-state index is 0.258. The average Bonchev–Trinajstić information content (AvgIpc) is 2.45. The number of nitrogens with two attached hydrogens (primary N) is 1. The SMILES string of the molecule is CCCN(CC)C1(CN)CC(C)(C)CC1C. The van der Waals surface area contributed by atoms with E-state index in [1.165, 1.54) is 25.8 Å². The molecule has 0 spiro atoms. The van der Waals surface area contributed by atoms with Gasteiger partial charge in [-0.15, -0.1) is 0 Å². The van der Waals surface area contributed by atoms with Gasteiger partial charge in [0.1, 0.15) is 0 Å². The van der Waals surface area contributed by atoms with Gasteiger partial charge in [0, 0.05) is 12.1 Å². The maximum absolute atomic E-state index is 6.15. The highest BCUT2D eigenvalue weighted by Crippen LogP contribution is 2.49. The average molecular weight is 226 g/mol. The zero-order chi connectivity index (χ0) is 12.4. The first-order valence-corrected chi connectivity index (χ1v) is 6.87. The summed E-state index contributed by atoms with van der Waals surface area (Å²) in [5.41, 5.74) is 6.86. The van der Waals surface area contributed by atoms with Crippen molar-refractivity contribution in [3.8, 4) is 0 Å². The molecule has 2 atom stereocenters. The van der Waals surface area contributed by atoms with E-state index in [2.05, 4.69) is 39.5 Å². The lowest BCUT2D eigenvalue weighted by Crippen LogP contribution is -2.56. The fourth-order valence-corrected chi connectivity index (χ4v) is 3.89. The number of nitrogens with zero attached hydrogens (tertiary/aromatic N) is 1. The van der Waals surface area contributed by atoms with Gasteiger partial charge in [-0.1, -0.05) is 34.6 Å². The third-order valence-electron chi connectivity index (χ3n) is 4.42. The zero-order valence-corrected chi connectivity index (χ0v) is 11.8. The van der Waals surface area contributed by atoms with Crippen LogP contribution in [-0.2, 0) is 0 Å². The predicted octanol–water partition coefficient (Wildman–Crippen LogP) is 2.87. The molecule has 2 N–H and O–H groups in total. The highest BCUT2D eigenvalue weighted by atomic mass is 15.2. The van der Waals surface area contributed by atoms with Crippen LogP contribution >= 0.6 is 0 Å². The van der Waals surface area contributed by atoms with Crippen molar-refractivity contribution in [1.29, 1.82) is 0 Å². The van der Waals surface area contributed by atoms with E-state index in [-0.39, 0.29) is 5.54 Å². The molecule has 0 radical (unpaired) electrons. The Bertz CT molecular complexity index is 225. The third-order valence-corrected chi connectivity index (χ3v) is 4.42. The van der Waals surface area contributed by atoms with Crippen molar-refractivity contribution in [3.63, 3.8) is 0 Å². The van der Waals surface area contributed by atoms with E-state index in [0.717, 1.165) is 19.0 Å². The van der Waals surface area contributed by atoms with Crippen LogP contribution < -0.4 is 5.73 Å². The Labute approximate surface area is 102 Å². The Hall–Kier alpha value is -0.0800. The molecule has 0 amide bonds. The van der Waals surface area contributed by atoms with Crippen LogP contribution in [0.3, 0.4) is 0 Å². The molecule has 0 aromatic heterocycles. The summed E-state index contributed by atoms with van der Waals surface area (Å²) in [5, 5.41) is 0. The van der Waals surface area contributed by atoms with Crippen molar-refractivity contribution in [3.05, 3.63) is 0 Å². The summed E-state index contributed by atoms with van der Waals surface area (Å²) in [6.45, 7) is 14.8. The van der Waals surface area contributed by atoms with E-state index in [9.17, 15) is 0 Å². The lowest BCUT2D eigenvalue weighted by atomic mass is 9.84. The van der Waals surface area contributed by atoms with Gasteiger partial charge >= 0.3 is 0 Å². The molecule has 2 unspecified atom stereocenters. The standard InChI is InChI=1S/C14H30N2/c1-6-8-16(7-2)14(11-15)10-13(4,5)9-12(14)3/h12H,6-11,15H2,1-5H3. The molecular weight excluding hydrogens is 196 g/mol. The maximum Gasteiger partial charge on any atom is 0.0362 e. The molecule has 16 heavy (non-hydrogen) atoms. The Morgan fingerprint density at radius 1 is 1.31 bits per heavy atom. The summed E-state index contributed by atoms with van der Waals surface area (Å²) in [7, 11) is 0. The van der Waals surface area contributed by atoms with Crippen LogP contribution in [0.15, 0.2) is 0 Å².